The second-order valence-electron chi connectivity index (χ2n) is 3.92. The van der Waals surface area contributed by atoms with Crippen LogP contribution in [0.1, 0.15) is 23.3 Å². The Balaban J connectivity index is 2.22. The van der Waals surface area contributed by atoms with Gasteiger partial charge in [-0.05, 0) is 25.0 Å². The van der Waals surface area contributed by atoms with Gasteiger partial charge in [0.15, 0.2) is 5.69 Å². The molecule has 1 aliphatic heterocycles. The van der Waals surface area contributed by atoms with Crippen LogP contribution in [0.15, 0.2) is 18.3 Å². The minimum Gasteiger partial charge on any atom is -0.397 e. The molecule has 0 bridgehead atoms. The molecule has 5 nitrogen and oxygen atoms in total. The van der Waals surface area contributed by atoms with E-state index in [1.54, 1.807) is 23.2 Å². The molecule has 5 heteroatoms. The first kappa shape index (κ1) is 10.9. The molecule has 1 amide bonds. The third-order valence-corrected chi connectivity index (χ3v) is 2.89. The lowest BCUT2D eigenvalue weighted by Gasteiger charge is -2.22. The number of carbonyl (C=O) groups is 1. The lowest BCUT2D eigenvalue weighted by atomic mass is 10.2. The zero-order chi connectivity index (χ0) is 11.5. The molecule has 1 saturated heterocycles. The molecule has 1 aromatic rings. The lowest BCUT2D eigenvalue weighted by Crippen LogP contribution is -2.38. The van der Waals surface area contributed by atoms with Crippen LogP contribution in [0.2, 0.25) is 0 Å². The van der Waals surface area contributed by atoms with Crippen LogP contribution in [-0.4, -0.2) is 40.1 Å². The predicted octanol–water partition coefficient (Wildman–Crippen LogP) is 0.261. The van der Waals surface area contributed by atoms with Gasteiger partial charge in [0.25, 0.3) is 5.91 Å². The minimum atomic E-state index is -0.186. The maximum Gasteiger partial charge on any atom is 0.274 e. The first-order chi connectivity index (χ1) is 7.74. The second kappa shape index (κ2) is 4.49. The number of aromatic nitrogens is 1. The van der Waals surface area contributed by atoms with Crippen LogP contribution >= 0.6 is 0 Å². The number of nitrogen functional groups attached to an aromatic ring is 1. The van der Waals surface area contributed by atoms with Crippen molar-refractivity contribution in [3.05, 3.63) is 24.0 Å². The molecule has 1 fully saturated rings. The molecular weight excluding hydrogens is 206 g/mol. The Kier molecular flexibility index (Phi) is 3.05. The van der Waals surface area contributed by atoms with Gasteiger partial charge in [-0.1, -0.05) is 0 Å². The zero-order valence-electron chi connectivity index (χ0n) is 8.97. The van der Waals surface area contributed by atoms with Gasteiger partial charge in [-0.25, -0.2) is 4.98 Å². The number of rotatable bonds is 2. The molecule has 0 radical (unpaired) electrons. The minimum absolute atomic E-state index is 0.00151. The number of pyridine rings is 1. The predicted molar refractivity (Wildman–Crippen MR) is 59.8 cm³/mol. The Morgan fingerprint density at radius 2 is 2.50 bits per heavy atom. The van der Waals surface area contributed by atoms with E-state index < -0.39 is 0 Å². The fourth-order valence-corrected chi connectivity index (χ4v) is 2.03. The van der Waals surface area contributed by atoms with E-state index in [0.717, 1.165) is 12.8 Å². The number of aliphatic hydroxyl groups excluding tert-OH is 1. The lowest BCUT2D eigenvalue weighted by molar-refractivity contribution is 0.0673. The number of hydrogen-bond acceptors (Lipinski definition) is 4. The number of aliphatic hydroxyl groups is 1. The first-order valence-corrected chi connectivity index (χ1v) is 5.36. The van der Waals surface area contributed by atoms with Gasteiger partial charge in [0.1, 0.15) is 0 Å². The molecule has 86 valence electrons. The molecule has 0 aromatic carbocycles. The fourth-order valence-electron chi connectivity index (χ4n) is 2.03. The third kappa shape index (κ3) is 1.86. The SMILES string of the molecule is Nc1cccnc1C(=O)N1CCC[C@H]1CO. The van der Waals surface area contributed by atoms with Crippen molar-refractivity contribution in [3.63, 3.8) is 0 Å². The van der Waals surface area contributed by atoms with Gasteiger partial charge in [0, 0.05) is 12.7 Å². The van der Waals surface area contributed by atoms with Gasteiger partial charge < -0.3 is 15.7 Å². The fraction of sp³-hybridized carbons (Fsp3) is 0.455. The Bertz CT molecular complexity index is 395. The molecule has 0 spiro atoms. The van der Waals surface area contributed by atoms with Gasteiger partial charge in [-0.3, -0.25) is 4.79 Å². The van der Waals surface area contributed by atoms with E-state index >= 15 is 0 Å². The van der Waals surface area contributed by atoms with Crippen LogP contribution in [0.25, 0.3) is 0 Å². The number of nitrogens with two attached hydrogens (primary N) is 1. The van der Waals surface area contributed by atoms with Gasteiger partial charge in [-0.2, -0.15) is 0 Å². The van der Waals surface area contributed by atoms with Crippen molar-refractivity contribution in [1.82, 2.24) is 9.88 Å². The Morgan fingerprint density at radius 3 is 3.19 bits per heavy atom. The number of likely N-dealkylation sites (tertiary alicyclic amines) is 1. The summed E-state index contributed by atoms with van der Waals surface area (Å²) >= 11 is 0. The summed E-state index contributed by atoms with van der Waals surface area (Å²) in [6, 6.07) is 3.26. The quantitative estimate of drug-likeness (QED) is 0.750. The molecule has 2 heterocycles. The van der Waals surface area contributed by atoms with Crippen molar-refractivity contribution in [2.75, 3.05) is 18.9 Å². The van der Waals surface area contributed by atoms with Crippen molar-refractivity contribution < 1.29 is 9.90 Å². The highest BCUT2D eigenvalue weighted by molar-refractivity contribution is 5.97. The van der Waals surface area contributed by atoms with Crippen LogP contribution in [-0.2, 0) is 0 Å². The molecular formula is C11H15N3O2. The topological polar surface area (TPSA) is 79.5 Å². The summed E-state index contributed by atoms with van der Waals surface area (Å²) < 4.78 is 0. The summed E-state index contributed by atoms with van der Waals surface area (Å²) in [6.07, 6.45) is 3.31. The number of carbonyl (C=O) groups excluding carboxylic acids is 1. The van der Waals surface area contributed by atoms with Crippen LogP contribution in [0, 0.1) is 0 Å². The monoisotopic (exact) mass is 221 g/mol. The van der Waals surface area contributed by atoms with Crippen molar-refractivity contribution in [1.29, 1.82) is 0 Å². The van der Waals surface area contributed by atoms with Crippen LogP contribution < -0.4 is 5.73 Å². The van der Waals surface area contributed by atoms with Crippen LogP contribution in [0.3, 0.4) is 0 Å². The highest BCUT2D eigenvalue weighted by Gasteiger charge is 2.30. The summed E-state index contributed by atoms with van der Waals surface area (Å²) in [4.78, 5) is 17.8. The summed E-state index contributed by atoms with van der Waals surface area (Å²) in [5.74, 6) is -0.186. The standard InChI is InChI=1S/C11H15N3O2/c12-9-4-1-5-13-10(9)11(16)14-6-2-3-8(14)7-15/h1,4-5,8,15H,2-3,6-7,12H2/t8-/m0/s1. The van der Waals surface area contributed by atoms with E-state index in [-0.39, 0.29) is 24.2 Å². The summed E-state index contributed by atoms with van der Waals surface area (Å²) in [5, 5.41) is 9.16. The number of hydrogen-bond donors (Lipinski definition) is 2. The van der Waals surface area contributed by atoms with E-state index in [1.807, 2.05) is 0 Å². The van der Waals surface area contributed by atoms with Crippen molar-refractivity contribution >= 4 is 11.6 Å². The van der Waals surface area contributed by atoms with Gasteiger partial charge >= 0.3 is 0 Å². The highest BCUT2D eigenvalue weighted by Crippen LogP contribution is 2.20. The van der Waals surface area contributed by atoms with Crippen molar-refractivity contribution in [2.45, 2.75) is 18.9 Å². The van der Waals surface area contributed by atoms with E-state index in [4.69, 9.17) is 10.8 Å². The van der Waals surface area contributed by atoms with Crippen molar-refractivity contribution in [2.24, 2.45) is 0 Å². The molecule has 0 saturated carbocycles. The zero-order valence-corrected chi connectivity index (χ0v) is 8.97. The second-order valence-corrected chi connectivity index (χ2v) is 3.92. The van der Waals surface area contributed by atoms with E-state index in [9.17, 15) is 4.79 Å². The molecule has 2 rings (SSSR count). The van der Waals surface area contributed by atoms with Gasteiger partial charge in [-0.15, -0.1) is 0 Å². The van der Waals surface area contributed by atoms with Crippen molar-refractivity contribution in [3.8, 4) is 0 Å². The largest absolute Gasteiger partial charge is 0.397 e. The first-order valence-electron chi connectivity index (χ1n) is 5.36. The maximum atomic E-state index is 12.1. The molecule has 0 aliphatic carbocycles. The molecule has 1 aliphatic rings. The van der Waals surface area contributed by atoms with E-state index in [2.05, 4.69) is 4.98 Å². The number of amides is 1. The Labute approximate surface area is 93.9 Å². The highest BCUT2D eigenvalue weighted by atomic mass is 16.3. The summed E-state index contributed by atoms with van der Waals surface area (Å²) in [6.45, 7) is 0.665. The number of anilines is 1. The Hall–Kier alpha value is -1.62. The smallest absolute Gasteiger partial charge is 0.274 e. The maximum absolute atomic E-state index is 12.1. The van der Waals surface area contributed by atoms with Crippen LogP contribution in [0.4, 0.5) is 5.69 Å². The normalized spacial score (nSPS) is 20.1. The average molecular weight is 221 g/mol. The third-order valence-electron chi connectivity index (χ3n) is 2.89. The Morgan fingerprint density at radius 1 is 1.69 bits per heavy atom. The van der Waals surface area contributed by atoms with Gasteiger partial charge in [0.2, 0.25) is 0 Å². The van der Waals surface area contributed by atoms with E-state index in [0.29, 0.717) is 12.2 Å². The summed E-state index contributed by atoms with van der Waals surface area (Å²) in [7, 11) is 0. The molecule has 1 atom stereocenters. The van der Waals surface area contributed by atoms with E-state index in [1.165, 1.54) is 0 Å². The molecule has 0 unspecified atom stereocenters. The molecule has 3 N–H and O–H groups in total. The molecule has 16 heavy (non-hydrogen) atoms. The summed E-state index contributed by atoms with van der Waals surface area (Å²) in [5.41, 5.74) is 6.37. The molecule has 1 aromatic heterocycles. The van der Waals surface area contributed by atoms with Crippen LogP contribution in [0.5, 0.6) is 0 Å². The number of nitrogens with zero attached hydrogens (tertiary/aromatic N) is 2. The van der Waals surface area contributed by atoms with Gasteiger partial charge in [0.05, 0.1) is 18.3 Å². The average Bonchev–Trinajstić information content (AvgIpc) is 2.77.